The van der Waals surface area contributed by atoms with Gasteiger partial charge in [0.25, 0.3) is 0 Å². The first-order valence-corrected chi connectivity index (χ1v) is 7.39. The molecule has 0 radical (unpaired) electrons. The average Bonchev–Trinajstić information content (AvgIpc) is 2.66. The summed E-state index contributed by atoms with van der Waals surface area (Å²) in [4.78, 5) is 24.3. The lowest BCUT2D eigenvalue weighted by atomic mass is 9.76. The van der Waals surface area contributed by atoms with Crippen molar-refractivity contribution in [1.82, 2.24) is 0 Å². The summed E-state index contributed by atoms with van der Waals surface area (Å²) in [5, 5.41) is 0. The highest BCUT2D eigenvalue weighted by atomic mass is 16.6. The van der Waals surface area contributed by atoms with Crippen LogP contribution in [0.1, 0.15) is 59.8 Å². The Morgan fingerprint density at radius 1 is 1.25 bits per heavy atom. The molecule has 20 heavy (non-hydrogen) atoms. The van der Waals surface area contributed by atoms with Crippen LogP contribution in [-0.4, -0.2) is 24.0 Å². The fourth-order valence-corrected chi connectivity index (χ4v) is 2.82. The van der Waals surface area contributed by atoms with E-state index in [0.29, 0.717) is 37.2 Å². The van der Waals surface area contributed by atoms with E-state index in [9.17, 15) is 9.59 Å². The monoisotopic (exact) mass is 280 g/mol. The van der Waals surface area contributed by atoms with Crippen LogP contribution in [0.4, 0.5) is 0 Å². The van der Waals surface area contributed by atoms with Gasteiger partial charge in [-0.05, 0) is 18.8 Å². The van der Waals surface area contributed by atoms with E-state index < -0.39 is 5.60 Å². The van der Waals surface area contributed by atoms with Crippen molar-refractivity contribution in [2.75, 3.05) is 6.61 Å². The number of esters is 1. The molecule has 0 aromatic heterocycles. The van der Waals surface area contributed by atoms with Gasteiger partial charge in [0, 0.05) is 24.8 Å². The molecule has 1 unspecified atom stereocenters. The Hall–Kier alpha value is -1.32. The van der Waals surface area contributed by atoms with Gasteiger partial charge in [-0.15, -0.1) is 0 Å². The van der Waals surface area contributed by atoms with Crippen LogP contribution in [-0.2, 0) is 19.1 Å². The van der Waals surface area contributed by atoms with Gasteiger partial charge in [-0.1, -0.05) is 27.2 Å². The van der Waals surface area contributed by atoms with Crippen molar-refractivity contribution in [3.8, 4) is 0 Å². The molecule has 4 nitrogen and oxygen atoms in total. The van der Waals surface area contributed by atoms with Crippen LogP contribution >= 0.6 is 0 Å². The van der Waals surface area contributed by atoms with Crippen molar-refractivity contribution in [2.24, 2.45) is 5.41 Å². The number of Topliss-reactive ketones (excluding diaryl/α,β-unsaturated/α-hetero) is 1. The van der Waals surface area contributed by atoms with Crippen LogP contribution in [0.25, 0.3) is 0 Å². The van der Waals surface area contributed by atoms with Gasteiger partial charge in [-0.2, -0.15) is 0 Å². The van der Waals surface area contributed by atoms with E-state index in [-0.39, 0.29) is 17.2 Å². The van der Waals surface area contributed by atoms with Gasteiger partial charge < -0.3 is 9.47 Å². The lowest BCUT2D eigenvalue weighted by Crippen LogP contribution is -2.37. The molecule has 0 saturated heterocycles. The Morgan fingerprint density at radius 2 is 1.95 bits per heavy atom. The zero-order chi connectivity index (χ0) is 15.0. The van der Waals surface area contributed by atoms with E-state index in [1.54, 1.807) is 6.92 Å². The van der Waals surface area contributed by atoms with Crippen LogP contribution < -0.4 is 0 Å². The fraction of sp³-hybridized carbons (Fsp3) is 0.750. The summed E-state index contributed by atoms with van der Waals surface area (Å²) in [6.45, 7) is 8.28. The zero-order valence-electron chi connectivity index (χ0n) is 12.9. The highest BCUT2D eigenvalue weighted by Gasteiger charge is 2.49. The molecule has 1 heterocycles. The Balaban J connectivity index is 2.06. The van der Waals surface area contributed by atoms with Crippen molar-refractivity contribution in [1.29, 1.82) is 0 Å². The molecular formula is C16H24O4. The van der Waals surface area contributed by atoms with E-state index >= 15 is 0 Å². The maximum absolute atomic E-state index is 12.2. The molecule has 1 aliphatic heterocycles. The first-order chi connectivity index (χ1) is 9.27. The number of unbranched alkanes of at least 4 members (excludes halogenated alkanes) is 1. The van der Waals surface area contributed by atoms with Gasteiger partial charge >= 0.3 is 5.97 Å². The SMILES string of the molecule is CCCCOC(=O)C1(C)CC2=C(CC(C)(C)CC2=O)O1. The molecule has 0 bridgehead atoms. The molecule has 2 rings (SSSR count). The van der Waals surface area contributed by atoms with Gasteiger partial charge in [0.05, 0.1) is 6.61 Å². The number of hydrogen-bond acceptors (Lipinski definition) is 4. The molecule has 0 fully saturated rings. The van der Waals surface area contributed by atoms with Crippen molar-refractivity contribution < 1.29 is 19.1 Å². The van der Waals surface area contributed by atoms with Gasteiger partial charge in [-0.3, -0.25) is 4.79 Å². The van der Waals surface area contributed by atoms with E-state index in [1.807, 2.05) is 20.8 Å². The number of allylic oxidation sites excluding steroid dienone is 1. The topological polar surface area (TPSA) is 52.6 Å². The number of carbonyl (C=O) groups excluding carboxylic acids is 2. The molecule has 0 aromatic rings. The van der Waals surface area contributed by atoms with Crippen LogP contribution in [0.2, 0.25) is 0 Å². The summed E-state index contributed by atoms with van der Waals surface area (Å²) in [6.07, 6.45) is 3.41. The summed E-state index contributed by atoms with van der Waals surface area (Å²) >= 11 is 0. The highest BCUT2D eigenvalue weighted by molar-refractivity contribution is 5.99. The zero-order valence-corrected chi connectivity index (χ0v) is 12.9. The number of carbonyl (C=O) groups is 2. The van der Waals surface area contributed by atoms with Crippen molar-refractivity contribution >= 4 is 11.8 Å². The second kappa shape index (κ2) is 5.23. The number of ether oxygens (including phenoxy) is 2. The Morgan fingerprint density at radius 3 is 2.60 bits per heavy atom. The summed E-state index contributed by atoms with van der Waals surface area (Å²) in [7, 11) is 0. The smallest absolute Gasteiger partial charge is 0.350 e. The van der Waals surface area contributed by atoms with E-state index in [0.717, 1.165) is 12.8 Å². The van der Waals surface area contributed by atoms with Crippen LogP contribution in [0.5, 0.6) is 0 Å². The van der Waals surface area contributed by atoms with Crippen LogP contribution in [0.3, 0.4) is 0 Å². The number of hydrogen-bond donors (Lipinski definition) is 0. The van der Waals surface area contributed by atoms with Gasteiger partial charge in [0.2, 0.25) is 5.60 Å². The second-order valence-electron chi connectivity index (χ2n) is 6.84. The van der Waals surface area contributed by atoms with Gasteiger partial charge in [0.1, 0.15) is 5.76 Å². The van der Waals surface area contributed by atoms with E-state index in [4.69, 9.17) is 9.47 Å². The summed E-state index contributed by atoms with van der Waals surface area (Å²) in [5.41, 5.74) is -0.416. The van der Waals surface area contributed by atoms with Crippen LogP contribution in [0.15, 0.2) is 11.3 Å². The Kier molecular flexibility index (Phi) is 3.94. The lowest BCUT2D eigenvalue weighted by molar-refractivity contribution is -0.164. The molecule has 0 saturated carbocycles. The lowest BCUT2D eigenvalue weighted by Gasteiger charge is -2.29. The first kappa shape index (κ1) is 15.1. The molecule has 1 atom stereocenters. The molecular weight excluding hydrogens is 256 g/mol. The van der Waals surface area contributed by atoms with E-state index in [1.165, 1.54) is 0 Å². The average molecular weight is 280 g/mol. The summed E-state index contributed by atoms with van der Waals surface area (Å²) < 4.78 is 11.1. The molecule has 1 aliphatic carbocycles. The predicted molar refractivity (Wildman–Crippen MR) is 75.0 cm³/mol. The first-order valence-electron chi connectivity index (χ1n) is 7.39. The second-order valence-corrected chi connectivity index (χ2v) is 6.84. The van der Waals surface area contributed by atoms with Crippen molar-refractivity contribution in [2.45, 2.75) is 65.4 Å². The standard InChI is InChI=1S/C16H24O4/c1-5-6-7-19-14(18)16(4)8-11-12(17)9-15(2,3)10-13(11)20-16/h5-10H2,1-4H3. The third-order valence-electron chi connectivity index (χ3n) is 3.98. The quantitative estimate of drug-likeness (QED) is 0.586. The summed E-state index contributed by atoms with van der Waals surface area (Å²) in [6, 6.07) is 0. The molecule has 4 heteroatoms. The summed E-state index contributed by atoms with van der Waals surface area (Å²) in [5.74, 6) is 0.452. The third kappa shape index (κ3) is 2.89. The molecule has 0 N–H and O–H groups in total. The molecule has 112 valence electrons. The van der Waals surface area contributed by atoms with Crippen molar-refractivity contribution in [3.63, 3.8) is 0 Å². The number of rotatable bonds is 4. The minimum atomic E-state index is -1.02. The predicted octanol–water partition coefficient (Wildman–Crippen LogP) is 3.15. The largest absolute Gasteiger partial charge is 0.479 e. The fourth-order valence-electron chi connectivity index (χ4n) is 2.82. The molecule has 0 aromatic carbocycles. The van der Waals surface area contributed by atoms with E-state index in [2.05, 4.69) is 0 Å². The van der Waals surface area contributed by atoms with Gasteiger partial charge in [-0.25, -0.2) is 4.79 Å². The minimum Gasteiger partial charge on any atom is -0.479 e. The minimum absolute atomic E-state index is 0.0900. The van der Waals surface area contributed by atoms with Gasteiger partial charge in [0.15, 0.2) is 5.78 Å². The van der Waals surface area contributed by atoms with Crippen molar-refractivity contribution in [3.05, 3.63) is 11.3 Å². The molecule has 0 spiro atoms. The Labute approximate surface area is 120 Å². The maximum Gasteiger partial charge on any atom is 0.350 e. The maximum atomic E-state index is 12.2. The molecule has 2 aliphatic rings. The van der Waals surface area contributed by atoms with Crippen LogP contribution in [0, 0.1) is 5.41 Å². The molecule has 0 amide bonds. The third-order valence-corrected chi connectivity index (χ3v) is 3.98. The Bertz CT molecular complexity index is 461. The highest BCUT2D eigenvalue weighted by Crippen LogP contribution is 2.46. The normalized spacial score (nSPS) is 28.1. The number of ketones is 1.